The quantitative estimate of drug-likeness (QED) is 0.394. The molecular weight excluding hydrogens is 192 g/mol. The topological polar surface area (TPSA) is 99.4 Å². The van der Waals surface area contributed by atoms with E-state index >= 15 is 0 Å². The van der Waals surface area contributed by atoms with Crippen LogP contribution < -0.4 is 0 Å². The Labute approximate surface area is 81.7 Å². The monoisotopic (exact) mass is 208 g/mol. The molecule has 1 rings (SSSR count). The van der Waals surface area contributed by atoms with Crippen LogP contribution >= 0.6 is 0 Å². The summed E-state index contributed by atoms with van der Waals surface area (Å²) in [5.41, 5.74) is 0. The molecule has 0 aromatic rings. The molecule has 0 saturated carbocycles. The molecule has 1 saturated heterocycles. The molecule has 1 heterocycles. The van der Waals surface area contributed by atoms with Gasteiger partial charge in [0.15, 0.2) is 0 Å². The number of aliphatic hydroxyl groups is 4. The van der Waals surface area contributed by atoms with Gasteiger partial charge in [-0.1, -0.05) is 0 Å². The molecule has 1 fully saturated rings. The lowest BCUT2D eigenvalue weighted by Gasteiger charge is -2.42. The van der Waals surface area contributed by atoms with Crippen molar-refractivity contribution < 1.29 is 29.9 Å². The van der Waals surface area contributed by atoms with Crippen LogP contribution in [0.5, 0.6) is 0 Å². The van der Waals surface area contributed by atoms with Gasteiger partial charge < -0.3 is 29.9 Å². The fourth-order valence-electron chi connectivity index (χ4n) is 1.42. The SMILES string of the molecule is CCO[C@]1(O)COC(CO)[C@@H](O)C1O. The van der Waals surface area contributed by atoms with Crippen LogP contribution in [0.15, 0.2) is 0 Å². The second-order valence-electron chi connectivity index (χ2n) is 3.25. The van der Waals surface area contributed by atoms with E-state index < -0.39 is 30.7 Å². The number of aliphatic hydroxyl groups excluding tert-OH is 3. The van der Waals surface area contributed by atoms with Gasteiger partial charge in [-0.15, -0.1) is 0 Å². The van der Waals surface area contributed by atoms with Gasteiger partial charge in [0.05, 0.1) is 6.61 Å². The fourth-order valence-corrected chi connectivity index (χ4v) is 1.42. The normalized spacial score (nSPS) is 43.9. The Hall–Kier alpha value is -0.240. The van der Waals surface area contributed by atoms with Gasteiger partial charge >= 0.3 is 0 Å². The van der Waals surface area contributed by atoms with Crippen LogP contribution in [0.3, 0.4) is 0 Å². The minimum Gasteiger partial charge on any atom is -0.394 e. The standard InChI is InChI=1S/C8H16O6/c1-2-14-8(12)4-13-5(3-9)6(10)7(8)11/h5-7,9-12H,2-4H2,1H3/t5?,6-,7?,8-/m1/s1. The summed E-state index contributed by atoms with van der Waals surface area (Å²) in [6, 6.07) is 0. The zero-order valence-electron chi connectivity index (χ0n) is 7.96. The summed E-state index contributed by atoms with van der Waals surface area (Å²) in [6.07, 6.45) is -3.72. The molecular formula is C8H16O6. The minimum atomic E-state index is -1.89. The number of hydrogen-bond acceptors (Lipinski definition) is 6. The van der Waals surface area contributed by atoms with E-state index in [4.69, 9.17) is 14.6 Å². The lowest BCUT2D eigenvalue weighted by atomic mass is 9.97. The Morgan fingerprint density at radius 3 is 2.64 bits per heavy atom. The van der Waals surface area contributed by atoms with Crippen molar-refractivity contribution >= 4 is 0 Å². The first-order valence-electron chi connectivity index (χ1n) is 4.50. The molecule has 1 aliphatic rings. The van der Waals surface area contributed by atoms with Crippen LogP contribution in [0.25, 0.3) is 0 Å². The molecule has 0 aromatic heterocycles. The Morgan fingerprint density at radius 2 is 2.14 bits per heavy atom. The third-order valence-electron chi connectivity index (χ3n) is 2.25. The molecule has 0 amide bonds. The third-order valence-corrected chi connectivity index (χ3v) is 2.25. The van der Waals surface area contributed by atoms with Crippen molar-refractivity contribution in [3.63, 3.8) is 0 Å². The predicted molar refractivity (Wildman–Crippen MR) is 45.4 cm³/mol. The van der Waals surface area contributed by atoms with Crippen LogP contribution in [-0.4, -0.2) is 64.3 Å². The number of rotatable bonds is 3. The van der Waals surface area contributed by atoms with Gasteiger partial charge in [0.1, 0.15) is 24.9 Å². The average molecular weight is 208 g/mol. The van der Waals surface area contributed by atoms with Crippen LogP contribution in [0.4, 0.5) is 0 Å². The zero-order chi connectivity index (χ0) is 10.8. The van der Waals surface area contributed by atoms with E-state index in [1.807, 2.05) is 0 Å². The van der Waals surface area contributed by atoms with E-state index in [1.165, 1.54) is 0 Å². The summed E-state index contributed by atoms with van der Waals surface area (Å²) in [6.45, 7) is 1.15. The summed E-state index contributed by atoms with van der Waals surface area (Å²) in [5, 5.41) is 37.4. The highest BCUT2D eigenvalue weighted by molar-refractivity contribution is 4.91. The first-order chi connectivity index (χ1) is 6.55. The van der Waals surface area contributed by atoms with Gasteiger partial charge in [0.2, 0.25) is 5.79 Å². The molecule has 6 nitrogen and oxygen atoms in total. The second-order valence-corrected chi connectivity index (χ2v) is 3.25. The molecule has 84 valence electrons. The maximum Gasteiger partial charge on any atom is 0.218 e. The molecule has 2 unspecified atom stereocenters. The van der Waals surface area contributed by atoms with Crippen molar-refractivity contribution in [2.45, 2.75) is 31.0 Å². The zero-order valence-corrected chi connectivity index (χ0v) is 7.96. The van der Waals surface area contributed by atoms with Crippen molar-refractivity contribution in [3.8, 4) is 0 Å². The molecule has 1 aliphatic heterocycles. The van der Waals surface area contributed by atoms with Crippen molar-refractivity contribution in [2.75, 3.05) is 19.8 Å². The lowest BCUT2D eigenvalue weighted by Crippen LogP contribution is -2.63. The molecule has 4 N–H and O–H groups in total. The number of hydrogen-bond donors (Lipinski definition) is 4. The van der Waals surface area contributed by atoms with Gasteiger partial charge in [0, 0.05) is 6.61 Å². The van der Waals surface area contributed by atoms with Gasteiger partial charge in [-0.25, -0.2) is 0 Å². The van der Waals surface area contributed by atoms with Crippen molar-refractivity contribution in [2.24, 2.45) is 0 Å². The van der Waals surface area contributed by atoms with Gasteiger partial charge in [-0.05, 0) is 6.92 Å². The maximum absolute atomic E-state index is 9.68. The molecule has 0 aliphatic carbocycles. The van der Waals surface area contributed by atoms with E-state index in [9.17, 15) is 15.3 Å². The smallest absolute Gasteiger partial charge is 0.218 e. The molecule has 0 radical (unpaired) electrons. The Morgan fingerprint density at radius 1 is 1.50 bits per heavy atom. The highest BCUT2D eigenvalue weighted by Gasteiger charge is 2.49. The predicted octanol–water partition coefficient (Wildman–Crippen LogP) is -2.18. The van der Waals surface area contributed by atoms with Crippen LogP contribution in [0, 0.1) is 0 Å². The van der Waals surface area contributed by atoms with E-state index in [-0.39, 0.29) is 13.2 Å². The first-order valence-corrected chi connectivity index (χ1v) is 4.50. The third kappa shape index (κ3) is 2.05. The summed E-state index contributed by atoms with van der Waals surface area (Å²) in [4.78, 5) is 0. The van der Waals surface area contributed by atoms with Crippen LogP contribution in [-0.2, 0) is 9.47 Å². The highest BCUT2D eigenvalue weighted by atomic mass is 16.7. The fraction of sp³-hybridized carbons (Fsp3) is 1.00. The summed E-state index contributed by atoms with van der Waals surface area (Å²) < 4.78 is 9.83. The first kappa shape index (κ1) is 11.8. The molecule has 4 atom stereocenters. The van der Waals surface area contributed by atoms with Gasteiger partial charge in [-0.3, -0.25) is 0 Å². The average Bonchev–Trinajstić information content (AvgIpc) is 2.16. The number of ether oxygens (including phenoxy) is 2. The largest absolute Gasteiger partial charge is 0.394 e. The van der Waals surface area contributed by atoms with E-state index in [0.717, 1.165) is 0 Å². The Bertz CT molecular complexity index is 187. The van der Waals surface area contributed by atoms with E-state index in [1.54, 1.807) is 6.92 Å². The second kappa shape index (κ2) is 4.52. The summed E-state index contributed by atoms with van der Waals surface area (Å²) in [5.74, 6) is -1.89. The van der Waals surface area contributed by atoms with Gasteiger partial charge in [0.25, 0.3) is 0 Å². The Balaban J connectivity index is 2.67. The van der Waals surface area contributed by atoms with Crippen molar-refractivity contribution in [1.82, 2.24) is 0 Å². The molecule has 6 heteroatoms. The highest BCUT2D eigenvalue weighted by Crippen LogP contribution is 2.25. The summed E-state index contributed by atoms with van der Waals surface area (Å²) in [7, 11) is 0. The van der Waals surface area contributed by atoms with Crippen LogP contribution in [0.1, 0.15) is 6.92 Å². The van der Waals surface area contributed by atoms with E-state index in [2.05, 4.69) is 0 Å². The maximum atomic E-state index is 9.68. The lowest BCUT2D eigenvalue weighted by molar-refractivity contribution is -0.335. The molecule has 0 bridgehead atoms. The van der Waals surface area contributed by atoms with Crippen LogP contribution in [0.2, 0.25) is 0 Å². The van der Waals surface area contributed by atoms with Crippen molar-refractivity contribution in [1.29, 1.82) is 0 Å². The molecule has 0 aromatic carbocycles. The van der Waals surface area contributed by atoms with Gasteiger partial charge in [-0.2, -0.15) is 0 Å². The molecule has 14 heavy (non-hydrogen) atoms. The molecule has 0 spiro atoms. The van der Waals surface area contributed by atoms with E-state index in [0.29, 0.717) is 0 Å². The summed E-state index contributed by atoms with van der Waals surface area (Å²) >= 11 is 0. The Kier molecular flexibility index (Phi) is 3.82. The minimum absolute atomic E-state index is 0.188. The van der Waals surface area contributed by atoms with Crippen molar-refractivity contribution in [3.05, 3.63) is 0 Å².